The highest BCUT2D eigenvalue weighted by atomic mass is 15.2. The average molecular weight is 252 g/mol. The van der Waals surface area contributed by atoms with Crippen molar-refractivity contribution >= 4 is 0 Å². The predicted molar refractivity (Wildman–Crippen MR) is 76.5 cm³/mol. The fourth-order valence-electron chi connectivity index (χ4n) is 2.10. The van der Waals surface area contributed by atoms with Crippen LogP contribution in [0.15, 0.2) is 12.4 Å². The first-order valence-electron chi connectivity index (χ1n) is 7.01. The smallest absolute Gasteiger partial charge is 0.0534 e. The van der Waals surface area contributed by atoms with E-state index in [4.69, 9.17) is 0 Å². The van der Waals surface area contributed by atoms with Crippen molar-refractivity contribution in [2.24, 2.45) is 7.05 Å². The lowest BCUT2D eigenvalue weighted by atomic mass is 10.1. The minimum atomic E-state index is 0.636. The van der Waals surface area contributed by atoms with E-state index in [1.807, 2.05) is 17.9 Å². The first-order chi connectivity index (χ1) is 8.61. The molecule has 0 aliphatic rings. The van der Waals surface area contributed by atoms with Gasteiger partial charge in [0.05, 0.1) is 6.20 Å². The van der Waals surface area contributed by atoms with Crippen LogP contribution in [-0.2, 0) is 13.6 Å². The van der Waals surface area contributed by atoms with Crippen molar-refractivity contribution in [2.75, 3.05) is 20.1 Å². The van der Waals surface area contributed by atoms with Gasteiger partial charge in [0.15, 0.2) is 0 Å². The normalized spacial score (nSPS) is 13.2. The van der Waals surface area contributed by atoms with Gasteiger partial charge in [-0.1, -0.05) is 6.92 Å². The van der Waals surface area contributed by atoms with E-state index in [1.54, 1.807) is 0 Å². The summed E-state index contributed by atoms with van der Waals surface area (Å²) in [6, 6.07) is 0.636. The number of nitrogens with one attached hydrogen (secondary N) is 1. The topological polar surface area (TPSA) is 33.1 Å². The molecule has 4 nitrogen and oxygen atoms in total. The average Bonchev–Trinajstić information content (AvgIpc) is 2.72. The minimum absolute atomic E-state index is 0.636. The Morgan fingerprint density at radius 2 is 2.28 bits per heavy atom. The maximum atomic E-state index is 4.19. The number of hydrogen-bond donors (Lipinski definition) is 1. The van der Waals surface area contributed by atoms with E-state index < -0.39 is 0 Å². The fourth-order valence-corrected chi connectivity index (χ4v) is 2.10. The lowest BCUT2D eigenvalue weighted by molar-refractivity contribution is 0.310. The minimum Gasteiger partial charge on any atom is -0.314 e. The van der Waals surface area contributed by atoms with Crippen molar-refractivity contribution < 1.29 is 0 Å². The Hall–Kier alpha value is -0.870. The summed E-state index contributed by atoms with van der Waals surface area (Å²) in [5.41, 5.74) is 1.29. The third kappa shape index (κ3) is 6.17. The number of nitrogens with zero attached hydrogens (tertiary/aromatic N) is 3. The highest BCUT2D eigenvalue weighted by Crippen LogP contribution is 2.04. The second-order valence-electron chi connectivity index (χ2n) is 5.26. The molecule has 1 N–H and O–H groups in total. The van der Waals surface area contributed by atoms with Crippen molar-refractivity contribution in [3.63, 3.8) is 0 Å². The van der Waals surface area contributed by atoms with Crippen LogP contribution in [0, 0.1) is 0 Å². The van der Waals surface area contributed by atoms with Gasteiger partial charge in [0, 0.05) is 31.4 Å². The molecule has 0 fully saturated rings. The molecular weight excluding hydrogens is 224 g/mol. The van der Waals surface area contributed by atoms with Gasteiger partial charge in [-0.25, -0.2) is 0 Å². The van der Waals surface area contributed by atoms with Crippen LogP contribution in [0.1, 0.15) is 38.7 Å². The Balaban J connectivity index is 2.11. The van der Waals surface area contributed by atoms with Gasteiger partial charge in [0.2, 0.25) is 0 Å². The van der Waals surface area contributed by atoms with Gasteiger partial charge in [-0.3, -0.25) is 4.68 Å². The van der Waals surface area contributed by atoms with Gasteiger partial charge in [0.1, 0.15) is 0 Å². The van der Waals surface area contributed by atoms with Crippen LogP contribution in [0.25, 0.3) is 0 Å². The molecule has 0 aliphatic carbocycles. The lowest BCUT2D eigenvalue weighted by Gasteiger charge is -2.18. The van der Waals surface area contributed by atoms with Gasteiger partial charge in [-0.2, -0.15) is 5.10 Å². The SMILES string of the molecule is CCCNC(C)CCCN(C)Cc1cnn(C)c1. The molecule has 18 heavy (non-hydrogen) atoms. The monoisotopic (exact) mass is 252 g/mol. The van der Waals surface area contributed by atoms with E-state index >= 15 is 0 Å². The third-order valence-electron chi connectivity index (χ3n) is 3.13. The Morgan fingerprint density at radius 3 is 2.89 bits per heavy atom. The van der Waals surface area contributed by atoms with Crippen LogP contribution in [0.3, 0.4) is 0 Å². The quantitative estimate of drug-likeness (QED) is 0.730. The van der Waals surface area contributed by atoms with Crippen molar-refractivity contribution in [3.05, 3.63) is 18.0 Å². The van der Waals surface area contributed by atoms with Crippen molar-refractivity contribution in [2.45, 2.75) is 45.7 Å². The maximum absolute atomic E-state index is 4.19. The summed E-state index contributed by atoms with van der Waals surface area (Å²) in [5.74, 6) is 0. The molecule has 0 saturated carbocycles. The number of hydrogen-bond acceptors (Lipinski definition) is 3. The highest BCUT2D eigenvalue weighted by Gasteiger charge is 2.04. The molecule has 0 bridgehead atoms. The molecule has 1 aromatic heterocycles. The van der Waals surface area contributed by atoms with Crippen LogP contribution >= 0.6 is 0 Å². The Bertz CT molecular complexity index is 321. The van der Waals surface area contributed by atoms with E-state index in [-0.39, 0.29) is 0 Å². The first kappa shape index (κ1) is 15.2. The van der Waals surface area contributed by atoms with Gasteiger partial charge in [-0.15, -0.1) is 0 Å². The summed E-state index contributed by atoms with van der Waals surface area (Å²) < 4.78 is 1.86. The van der Waals surface area contributed by atoms with E-state index in [0.717, 1.165) is 19.6 Å². The van der Waals surface area contributed by atoms with Crippen LogP contribution in [0.5, 0.6) is 0 Å². The molecule has 0 aromatic carbocycles. The van der Waals surface area contributed by atoms with Gasteiger partial charge in [-0.05, 0) is 46.3 Å². The standard InChI is InChI=1S/C14H28N4/c1-5-8-15-13(2)7-6-9-17(3)11-14-10-16-18(4)12-14/h10,12-13,15H,5-9,11H2,1-4H3. The molecule has 1 unspecified atom stereocenters. The van der Waals surface area contributed by atoms with Crippen molar-refractivity contribution in [1.29, 1.82) is 0 Å². The largest absolute Gasteiger partial charge is 0.314 e. The van der Waals surface area contributed by atoms with Crippen LogP contribution in [0.2, 0.25) is 0 Å². The lowest BCUT2D eigenvalue weighted by Crippen LogP contribution is -2.28. The highest BCUT2D eigenvalue weighted by molar-refractivity contribution is 5.02. The van der Waals surface area contributed by atoms with Crippen molar-refractivity contribution in [3.8, 4) is 0 Å². The molecule has 0 saturated heterocycles. The van der Waals surface area contributed by atoms with E-state index in [1.165, 1.54) is 24.8 Å². The molecule has 4 heteroatoms. The predicted octanol–water partition coefficient (Wildman–Crippen LogP) is 2.02. The Kier molecular flexibility index (Phi) is 6.98. The molecular formula is C14H28N4. The van der Waals surface area contributed by atoms with E-state index in [0.29, 0.717) is 6.04 Å². The Morgan fingerprint density at radius 1 is 1.50 bits per heavy atom. The number of aryl methyl sites for hydroxylation is 1. The van der Waals surface area contributed by atoms with Crippen molar-refractivity contribution in [1.82, 2.24) is 20.0 Å². The molecule has 0 radical (unpaired) electrons. The molecule has 0 spiro atoms. The summed E-state index contributed by atoms with van der Waals surface area (Å²) in [4.78, 5) is 2.36. The number of rotatable bonds is 9. The second-order valence-corrected chi connectivity index (χ2v) is 5.26. The molecule has 1 heterocycles. The number of aromatic nitrogens is 2. The molecule has 1 rings (SSSR count). The molecule has 1 atom stereocenters. The van der Waals surface area contributed by atoms with Crippen LogP contribution in [-0.4, -0.2) is 40.9 Å². The zero-order valence-corrected chi connectivity index (χ0v) is 12.3. The summed E-state index contributed by atoms with van der Waals surface area (Å²) >= 11 is 0. The van der Waals surface area contributed by atoms with Gasteiger partial charge < -0.3 is 10.2 Å². The van der Waals surface area contributed by atoms with E-state index in [9.17, 15) is 0 Å². The first-order valence-corrected chi connectivity index (χ1v) is 7.01. The van der Waals surface area contributed by atoms with Crippen LogP contribution in [0.4, 0.5) is 0 Å². The fraction of sp³-hybridized carbons (Fsp3) is 0.786. The summed E-state index contributed by atoms with van der Waals surface area (Å²) in [5, 5.41) is 7.72. The summed E-state index contributed by atoms with van der Waals surface area (Å²) in [6.07, 6.45) is 7.74. The third-order valence-corrected chi connectivity index (χ3v) is 3.13. The molecule has 0 amide bonds. The zero-order chi connectivity index (χ0) is 13.4. The Labute approximate surface area is 111 Å². The van der Waals surface area contributed by atoms with Crippen LogP contribution < -0.4 is 5.32 Å². The summed E-state index contributed by atoms with van der Waals surface area (Å²) in [6.45, 7) is 7.75. The maximum Gasteiger partial charge on any atom is 0.0534 e. The van der Waals surface area contributed by atoms with E-state index in [2.05, 4.69) is 42.4 Å². The summed E-state index contributed by atoms with van der Waals surface area (Å²) in [7, 11) is 4.14. The molecule has 104 valence electrons. The second kappa shape index (κ2) is 8.27. The molecule has 0 aliphatic heterocycles. The van der Waals surface area contributed by atoms with Gasteiger partial charge >= 0.3 is 0 Å². The zero-order valence-electron chi connectivity index (χ0n) is 12.3. The van der Waals surface area contributed by atoms with Gasteiger partial charge in [0.25, 0.3) is 0 Å². The molecule has 1 aromatic rings.